The van der Waals surface area contributed by atoms with Crippen molar-refractivity contribution in [1.82, 2.24) is 4.90 Å². The van der Waals surface area contributed by atoms with Crippen molar-refractivity contribution >= 4 is 5.91 Å². The summed E-state index contributed by atoms with van der Waals surface area (Å²) in [6.07, 6.45) is 2.08. The minimum atomic E-state index is 0.0152. The molecular weight excluding hydrogens is 266 g/mol. The van der Waals surface area contributed by atoms with Crippen molar-refractivity contribution in [2.75, 3.05) is 26.2 Å². The molecule has 2 N–H and O–H groups in total. The maximum Gasteiger partial charge on any atom is 0.236 e. The highest BCUT2D eigenvalue weighted by Crippen LogP contribution is 2.17. The fraction of sp³-hybridized carbons (Fsp3) is 0.500. The van der Waals surface area contributed by atoms with Crippen LogP contribution in [-0.4, -0.2) is 37.0 Å². The first-order valence-electron chi connectivity index (χ1n) is 7.27. The van der Waals surface area contributed by atoms with E-state index in [1.54, 1.807) is 6.07 Å². The topological polar surface area (TPSA) is 79.3 Å². The monoisotopic (exact) mass is 287 g/mol. The van der Waals surface area contributed by atoms with Gasteiger partial charge in [-0.3, -0.25) is 4.79 Å². The molecule has 1 aliphatic rings. The molecule has 1 aliphatic heterocycles. The predicted octanol–water partition coefficient (Wildman–Crippen LogP) is 1.27. The van der Waals surface area contributed by atoms with Gasteiger partial charge in [-0.15, -0.1) is 0 Å². The molecule has 0 radical (unpaired) electrons. The fourth-order valence-electron chi connectivity index (χ4n) is 2.63. The molecule has 1 atom stereocenters. The van der Waals surface area contributed by atoms with Crippen molar-refractivity contribution in [3.8, 4) is 6.07 Å². The van der Waals surface area contributed by atoms with Gasteiger partial charge >= 0.3 is 0 Å². The Morgan fingerprint density at radius 1 is 1.52 bits per heavy atom. The van der Waals surface area contributed by atoms with Gasteiger partial charge < -0.3 is 15.4 Å². The lowest BCUT2D eigenvalue weighted by Gasteiger charge is -2.32. The number of rotatable bonds is 5. The molecule has 21 heavy (non-hydrogen) atoms. The largest absolute Gasteiger partial charge is 0.376 e. The lowest BCUT2D eigenvalue weighted by molar-refractivity contribution is -0.132. The third-order valence-corrected chi connectivity index (χ3v) is 3.72. The summed E-state index contributed by atoms with van der Waals surface area (Å²) in [4.78, 5) is 13.4. The third-order valence-electron chi connectivity index (χ3n) is 3.72. The van der Waals surface area contributed by atoms with Crippen molar-refractivity contribution in [1.29, 1.82) is 5.26 Å². The number of benzene rings is 1. The van der Waals surface area contributed by atoms with Crippen LogP contribution >= 0.6 is 0 Å². The molecular formula is C16H21N3O2. The van der Waals surface area contributed by atoms with E-state index in [1.807, 2.05) is 23.1 Å². The minimum Gasteiger partial charge on any atom is -0.376 e. The number of hydrogen-bond donors (Lipinski definition) is 1. The first-order valence-corrected chi connectivity index (χ1v) is 7.27. The number of carbonyl (C=O) groups excluding carboxylic acids is 1. The molecule has 1 unspecified atom stereocenters. The van der Waals surface area contributed by atoms with Crippen LogP contribution in [0.2, 0.25) is 0 Å². The summed E-state index contributed by atoms with van der Waals surface area (Å²) in [5, 5.41) is 8.86. The SMILES string of the molecule is N#Cc1cccc(COCC2CCCN(C(=O)CN)C2)c1. The summed E-state index contributed by atoms with van der Waals surface area (Å²) in [5.74, 6) is 0.384. The molecule has 2 rings (SSSR count). The smallest absolute Gasteiger partial charge is 0.236 e. The second kappa shape index (κ2) is 7.77. The summed E-state index contributed by atoms with van der Waals surface area (Å²) in [6, 6.07) is 9.55. The number of hydrogen-bond acceptors (Lipinski definition) is 4. The van der Waals surface area contributed by atoms with Crippen LogP contribution in [-0.2, 0) is 16.1 Å². The van der Waals surface area contributed by atoms with Gasteiger partial charge in [-0.05, 0) is 36.5 Å². The van der Waals surface area contributed by atoms with Crippen LogP contribution < -0.4 is 5.73 Å². The molecule has 112 valence electrons. The van der Waals surface area contributed by atoms with Gasteiger partial charge in [0, 0.05) is 13.1 Å². The molecule has 5 heteroatoms. The molecule has 1 heterocycles. The number of piperidine rings is 1. The molecule has 0 aliphatic carbocycles. The van der Waals surface area contributed by atoms with E-state index in [4.69, 9.17) is 15.7 Å². The van der Waals surface area contributed by atoms with Crippen LogP contribution in [0, 0.1) is 17.2 Å². The van der Waals surface area contributed by atoms with Crippen molar-refractivity contribution in [3.05, 3.63) is 35.4 Å². The summed E-state index contributed by atoms with van der Waals surface area (Å²) < 4.78 is 5.74. The summed E-state index contributed by atoms with van der Waals surface area (Å²) in [5.41, 5.74) is 7.05. The second-order valence-electron chi connectivity index (χ2n) is 5.38. The quantitative estimate of drug-likeness (QED) is 0.884. The Balaban J connectivity index is 1.77. The van der Waals surface area contributed by atoms with Gasteiger partial charge in [-0.1, -0.05) is 12.1 Å². The summed E-state index contributed by atoms with van der Waals surface area (Å²) in [7, 11) is 0. The van der Waals surface area contributed by atoms with Crippen molar-refractivity contribution in [2.24, 2.45) is 11.7 Å². The molecule has 0 aromatic heterocycles. The highest BCUT2D eigenvalue weighted by Gasteiger charge is 2.22. The zero-order valence-corrected chi connectivity index (χ0v) is 12.1. The summed E-state index contributed by atoms with van der Waals surface area (Å²) in [6.45, 7) is 2.74. The van der Waals surface area contributed by atoms with Gasteiger partial charge in [-0.25, -0.2) is 0 Å². The average molecular weight is 287 g/mol. The average Bonchev–Trinajstić information content (AvgIpc) is 2.54. The molecule has 0 bridgehead atoms. The van der Waals surface area contributed by atoms with Crippen molar-refractivity contribution < 1.29 is 9.53 Å². The Morgan fingerprint density at radius 3 is 3.14 bits per heavy atom. The van der Waals surface area contributed by atoms with Crippen molar-refractivity contribution in [3.63, 3.8) is 0 Å². The molecule has 1 aromatic carbocycles. The van der Waals surface area contributed by atoms with Crippen LogP contribution in [0.15, 0.2) is 24.3 Å². The van der Waals surface area contributed by atoms with Crippen LogP contribution in [0.5, 0.6) is 0 Å². The van der Waals surface area contributed by atoms with Gasteiger partial charge in [-0.2, -0.15) is 5.26 Å². The van der Waals surface area contributed by atoms with Gasteiger partial charge in [0.15, 0.2) is 0 Å². The van der Waals surface area contributed by atoms with Gasteiger partial charge in [0.05, 0.1) is 31.4 Å². The molecule has 0 spiro atoms. The molecule has 1 amide bonds. The molecule has 1 fully saturated rings. The van der Waals surface area contributed by atoms with Crippen molar-refractivity contribution in [2.45, 2.75) is 19.4 Å². The van der Waals surface area contributed by atoms with Gasteiger partial charge in [0.2, 0.25) is 5.91 Å². The normalized spacial score (nSPS) is 18.3. The Kier molecular flexibility index (Phi) is 5.73. The number of nitriles is 1. The van der Waals surface area contributed by atoms with E-state index in [0.29, 0.717) is 24.7 Å². The molecule has 5 nitrogen and oxygen atoms in total. The lowest BCUT2D eigenvalue weighted by atomic mass is 9.99. The first-order chi connectivity index (χ1) is 10.2. The zero-order valence-electron chi connectivity index (χ0n) is 12.1. The molecule has 1 saturated heterocycles. The number of likely N-dealkylation sites (tertiary alicyclic amines) is 1. The Bertz CT molecular complexity index is 524. The number of amides is 1. The number of ether oxygens (including phenoxy) is 1. The minimum absolute atomic E-state index is 0.0152. The molecule has 1 aromatic rings. The number of nitrogens with two attached hydrogens (primary N) is 1. The lowest BCUT2D eigenvalue weighted by Crippen LogP contribution is -2.43. The maximum absolute atomic E-state index is 11.6. The van der Waals surface area contributed by atoms with Crippen LogP contribution in [0.4, 0.5) is 0 Å². The Labute approximate surface area is 125 Å². The van der Waals surface area contributed by atoms with E-state index in [9.17, 15) is 4.79 Å². The van der Waals surface area contributed by atoms with Crippen LogP contribution in [0.3, 0.4) is 0 Å². The van der Waals surface area contributed by atoms with E-state index in [0.717, 1.165) is 31.5 Å². The first kappa shape index (κ1) is 15.5. The highest BCUT2D eigenvalue weighted by molar-refractivity contribution is 5.78. The van der Waals surface area contributed by atoms with Gasteiger partial charge in [0.1, 0.15) is 0 Å². The Morgan fingerprint density at radius 2 is 2.38 bits per heavy atom. The van der Waals surface area contributed by atoms with E-state index in [1.165, 1.54) is 0 Å². The number of nitrogens with zero attached hydrogens (tertiary/aromatic N) is 2. The van der Waals surface area contributed by atoms with Crippen LogP contribution in [0.25, 0.3) is 0 Å². The number of carbonyl (C=O) groups is 1. The van der Waals surface area contributed by atoms with Gasteiger partial charge in [0.25, 0.3) is 0 Å². The van der Waals surface area contributed by atoms with Crippen LogP contribution in [0.1, 0.15) is 24.0 Å². The maximum atomic E-state index is 11.6. The van der Waals surface area contributed by atoms with E-state index in [-0.39, 0.29) is 12.5 Å². The predicted molar refractivity (Wildman–Crippen MR) is 79.2 cm³/mol. The molecule has 0 saturated carbocycles. The van der Waals surface area contributed by atoms with E-state index >= 15 is 0 Å². The summed E-state index contributed by atoms with van der Waals surface area (Å²) >= 11 is 0. The van der Waals surface area contributed by atoms with E-state index < -0.39 is 0 Å². The highest BCUT2D eigenvalue weighted by atomic mass is 16.5. The van der Waals surface area contributed by atoms with E-state index in [2.05, 4.69) is 6.07 Å². The zero-order chi connectivity index (χ0) is 15.1. The Hall–Kier alpha value is -1.90. The fourth-order valence-corrected chi connectivity index (χ4v) is 2.63. The third kappa shape index (κ3) is 4.55. The second-order valence-corrected chi connectivity index (χ2v) is 5.38. The standard InChI is InChI=1S/C16H21N3O2/c17-8-13-3-1-4-14(7-13)11-21-12-15-5-2-6-19(10-15)16(20)9-18/h1,3-4,7,15H,2,5-6,9-12,18H2.